The molecule has 8 heteroatoms. The minimum absolute atomic E-state index is 0.00686. The lowest BCUT2D eigenvalue weighted by Crippen LogP contribution is -2.04. The predicted octanol–water partition coefficient (Wildman–Crippen LogP) is 4.51. The number of para-hydroxylation sites is 1. The summed E-state index contributed by atoms with van der Waals surface area (Å²) < 4.78 is 48.4. The maximum absolute atomic E-state index is 12.7. The van der Waals surface area contributed by atoms with Gasteiger partial charge in [0.2, 0.25) is 0 Å². The van der Waals surface area contributed by atoms with Crippen LogP contribution in [0.1, 0.15) is 5.56 Å². The van der Waals surface area contributed by atoms with Crippen LogP contribution in [-0.4, -0.2) is 16.8 Å². The van der Waals surface area contributed by atoms with Gasteiger partial charge in [-0.05, 0) is 36.4 Å². The standard InChI is InChI=1S/C18H12F3N3O2/c1-2-11-25-17-24-23-16(26-17)14-5-3-4-6-15(14)22-13-9-7-12(8-10-13)18(19,20)21/h1,3-10,22H,11H2. The Labute approximate surface area is 146 Å². The minimum atomic E-state index is -4.38. The van der Waals surface area contributed by atoms with Crippen LogP contribution in [0.3, 0.4) is 0 Å². The summed E-state index contributed by atoms with van der Waals surface area (Å²) in [5.41, 5.74) is 0.909. The Morgan fingerprint density at radius 2 is 1.81 bits per heavy atom. The second-order valence-electron chi connectivity index (χ2n) is 5.11. The monoisotopic (exact) mass is 359 g/mol. The Morgan fingerprint density at radius 1 is 1.08 bits per heavy atom. The minimum Gasteiger partial charge on any atom is -0.436 e. The van der Waals surface area contributed by atoms with Crippen molar-refractivity contribution in [3.05, 3.63) is 54.1 Å². The molecule has 0 aliphatic carbocycles. The van der Waals surface area contributed by atoms with E-state index in [1.165, 1.54) is 12.1 Å². The summed E-state index contributed by atoms with van der Waals surface area (Å²) in [4.78, 5) is 0. The number of anilines is 2. The number of hydrogen-bond donors (Lipinski definition) is 1. The van der Waals surface area contributed by atoms with Crippen LogP contribution in [0.25, 0.3) is 11.5 Å². The number of ether oxygens (including phenoxy) is 1. The molecule has 0 bridgehead atoms. The van der Waals surface area contributed by atoms with Gasteiger partial charge in [-0.15, -0.1) is 11.5 Å². The van der Waals surface area contributed by atoms with E-state index < -0.39 is 11.7 Å². The second kappa shape index (κ2) is 7.19. The first-order valence-corrected chi connectivity index (χ1v) is 7.41. The van der Waals surface area contributed by atoms with Crippen LogP contribution in [-0.2, 0) is 6.18 Å². The smallest absolute Gasteiger partial charge is 0.416 e. The quantitative estimate of drug-likeness (QED) is 0.679. The maximum Gasteiger partial charge on any atom is 0.416 e. The predicted molar refractivity (Wildman–Crippen MR) is 88.8 cm³/mol. The molecular formula is C18H12F3N3O2. The molecule has 2 aromatic carbocycles. The van der Waals surface area contributed by atoms with Gasteiger partial charge in [0.1, 0.15) is 0 Å². The van der Waals surface area contributed by atoms with E-state index in [9.17, 15) is 13.2 Å². The molecule has 0 aliphatic rings. The van der Waals surface area contributed by atoms with E-state index in [2.05, 4.69) is 21.4 Å². The van der Waals surface area contributed by atoms with Crippen molar-refractivity contribution < 1.29 is 22.3 Å². The van der Waals surface area contributed by atoms with Crippen LogP contribution in [0.5, 0.6) is 6.08 Å². The van der Waals surface area contributed by atoms with Crippen LogP contribution in [0.4, 0.5) is 24.5 Å². The Bertz CT molecular complexity index is 928. The van der Waals surface area contributed by atoms with Crippen LogP contribution >= 0.6 is 0 Å². The van der Waals surface area contributed by atoms with E-state index in [-0.39, 0.29) is 18.6 Å². The van der Waals surface area contributed by atoms with Crippen molar-refractivity contribution >= 4 is 11.4 Å². The molecular weight excluding hydrogens is 347 g/mol. The Hall–Kier alpha value is -3.47. The van der Waals surface area contributed by atoms with E-state index in [1.807, 2.05) is 0 Å². The highest BCUT2D eigenvalue weighted by molar-refractivity contribution is 5.76. The number of benzene rings is 2. The molecule has 1 N–H and O–H groups in total. The van der Waals surface area contributed by atoms with E-state index in [1.54, 1.807) is 24.3 Å². The molecule has 5 nitrogen and oxygen atoms in total. The van der Waals surface area contributed by atoms with Crippen molar-refractivity contribution in [3.63, 3.8) is 0 Å². The third-order valence-electron chi connectivity index (χ3n) is 3.33. The number of rotatable bonds is 5. The number of nitrogens with zero attached hydrogens (tertiary/aromatic N) is 2. The molecule has 0 atom stereocenters. The molecule has 0 spiro atoms. The van der Waals surface area contributed by atoms with Crippen LogP contribution < -0.4 is 10.1 Å². The fourth-order valence-electron chi connectivity index (χ4n) is 2.16. The Balaban J connectivity index is 1.83. The lowest BCUT2D eigenvalue weighted by molar-refractivity contribution is -0.137. The lowest BCUT2D eigenvalue weighted by atomic mass is 10.1. The zero-order chi connectivity index (χ0) is 18.6. The van der Waals surface area contributed by atoms with Crippen LogP contribution in [0, 0.1) is 12.3 Å². The zero-order valence-electron chi connectivity index (χ0n) is 13.2. The number of terminal acetylenes is 1. The SMILES string of the molecule is C#CCOc1nnc(-c2ccccc2Nc2ccc(C(F)(F)F)cc2)o1. The number of hydrogen-bond acceptors (Lipinski definition) is 5. The molecule has 0 fully saturated rings. The summed E-state index contributed by atoms with van der Waals surface area (Å²) >= 11 is 0. The topological polar surface area (TPSA) is 60.2 Å². The van der Waals surface area contributed by atoms with E-state index in [0.29, 0.717) is 16.9 Å². The van der Waals surface area contributed by atoms with Crippen molar-refractivity contribution in [2.75, 3.05) is 11.9 Å². The Morgan fingerprint density at radius 3 is 2.50 bits per heavy atom. The number of alkyl halides is 3. The molecule has 0 aliphatic heterocycles. The van der Waals surface area contributed by atoms with Gasteiger partial charge in [-0.2, -0.15) is 13.2 Å². The number of halogens is 3. The third-order valence-corrected chi connectivity index (χ3v) is 3.33. The molecule has 1 heterocycles. The number of aromatic nitrogens is 2. The molecule has 26 heavy (non-hydrogen) atoms. The molecule has 3 rings (SSSR count). The average Bonchev–Trinajstić information content (AvgIpc) is 3.09. The fraction of sp³-hybridized carbons (Fsp3) is 0.111. The first-order chi connectivity index (χ1) is 12.5. The normalized spacial score (nSPS) is 11.0. The largest absolute Gasteiger partial charge is 0.436 e. The molecule has 0 amide bonds. The van der Waals surface area contributed by atoms with Gasteiger partial charge in [-0.3, -0.25) is 0 Å². The summed E-state index contributed by atoms with van der Waals surface area (Å²) in [6.45, 7) is -0.00686. The molecule has 0 saturated carbocycles. The first kappa shape index (κ1) is 17.4. The van der Waals surface area contributed by atoms with E-state index in [0.717, 1.165) is 12.1 Å². The summed E-state index contributed by atoms with van der Waals surface area (Å²) in [6.07, 6.45) is 0.649. The first-order valence-electron chi connectivity index (χ1n) is 7.41. The molecule has 0 saturated heterocycles. The van der Waals surface area contributed by atoms with Gasteiger partial charge < -0.3 is 14.5 Å². The summed E-state index contributed by atoms with van der Waals surface area (Å²) in [5, 5.41) is 10.7. The molecule has 3 aromatic rings. The van der Waals surface area contributed by atoms with Gasteiger partial charge in [-0.1, -0.05) is 23.2 Å². The van der Waals surface area contributed by atoms with Gasteiger partial charge in [0.25, 0.3) is 5.89 Å². The highest BCUT2D eigenvalue weighted by Crippen LogP contribution is 2.33. The summed E-state index contributed by atoms with van der Waals surface area (Å²) in [6, 6.07) is 11.7. The van der Waals surface area contributed by atoms with Gasteiger partial charge in [-0.25, -0.2) is 0 Å². The highest BCUT2D eigenvalue weighted by Gasteiger charge is 2.29. The average molecular weight is 359 g/mol. The fourth-order valence-corrected chi connectivity index (χ4v) is 2.16. The molecule has 0 radical (unpaired) electrons. The van der Waals surface area contributed by atoms with Crippen LogP contribution in [0.15, 0.2) is 52.9 Å². The van der Waals surface area contributed by atoms with Crippen molar-refractivity contribution in [3.8, 4) is 29.9 Å². The maximum atomic E-state index is 12.7. The van der Waals surface area contributed by atoms with Gasteiger partial charge in [0.15, 0.2) is 6.61 Å². The zero-order valence-corrected chi connectivity index (χ0v) is 13.2. The van der Waals surface area contributed by atoms with Crippen molar-refractivity contribution in [1.29, 1.82) is 0 Å². The van der Waals surface area contributed by atoms with Crippen molar-refractivity contribution in [2.24, 2.45) is 0 Å². The van der Waals surface area contributed by atoms with Crippen molar-refractivity contribution in [1.82, 2.24) is 10.2 Å². The van der Waals surface area contributed by atoms with E-state index >= 15 is 0 Å². The highest BCUT2D eigenvalue weighted by atomic mass is 19.4. The second-order valence-corrected chi connectivity index (χ2v) is 5.11. The van der Waals surface area contributed by atoms with Gasteiger partial charge >= 0.3 is 12.3 Å². The van der Waals surface area contributed by atoms with Gasteiger partial charge in [0, 0.05) is 5.69 Å². The summed E-state index contributed by atoms with van der Waals surface area (Å²) in [5.74, 6) is 2.47. The molecule has 132 valence electrons. The molecule has 0 unspecified atom stereocenters. The lowest BCUT2D eigenvalue weighted by Gasteiger charge is -2.11. The Kier molecular flexibility index (Phi) is 4.80. The van der Waals surface area contributed by atoms with Crippen molar-refractivity contribution in [2.45, 2.75) is 6.18 Å². The third kappa shape index (κ3) is 3.95. The molecule has 1 aromatic heterocycles. The summed E-state index contributed by atoms with van der Waals surface area (Å²) in [7, 11) is 0. The van der Waals surface area contributed by atoms with Crippen LogP contribution in [0.2, 0.25) is 0 Å². The van der Waals surface area contributed by atoms with E-state index in [4.69, 9.17) is 15.6 Å². The number of nitrogens with one attached hydrogen (secondary N) is 1. The van der Waals surface area contributed by atoms with Gasteiger partial charge in [0.05, 0.1) is 16.8 Å².